The van der Waals surface area contributed by atoms with E-state index >= 15 is 0 Å². The third-order valence-electron chi connectivity index (χ3n) is 4.95. The lowest BCUT2D eigenvalue weighted by Crippen LogP contribution is -2.28. The van der Waals surface area contributed by atoms with E-state index in [-0.39, 0.29) is 5.91 Å². The van der Waals surface area contributed by atoms with E-state index in [1.165, 1.54) is 0 Å². The summed E-state index contributed by atoms with van der Waals surface area (Å²) in [5.41, 5.74) is 2.72. The molecule has 1 saturated heterocycles. The molecule has 0 N–H and O–H groups in total. The normalized spacial score (nSPS) is 13.6. The van der Waals surface area contributed by atoms with Crippen molar-refractivity contribution >= 4 is 17.7 Å². The van der Waals surface area contributed by atoms with Crippen LogP contribution in [0.1, 0.15) is 28.8 Å². The number of carbonyl (C=O) groups is 1. The van der Waals surface area contributed by atoms with Crippen molar-refractivity contribution in [3.8, 4) is 11.4 Å². The molecule has 7 heteroatoms. The van der Waals surface area contributed by atoms with E-state index in [4.69, 9.17) is 0 Å². The molecular weight excluding hydrogens is 382 g/mol. The molecule has 148 valence electrons. The van der Waals surface area contributed by atoms with Crippen LogP contribution >= 0.6 is 11.8 Å². The van der Waals surface area contributed by atoms with Gasteiger partial charge in [-0.1, -0.05) is 36.0 Å². The lowest BCUT2D eigenvalue weighted by atomic mass is 10.1. The van der Waals surface area contributed by atoms with Gasteiger partial charge in [0.2, 0.25) is 0 Å². The number of hydrogen-bond donors (Lipinski definition) is 0. The maximum Gasteiger partial charge on any atom is 0.254 e. The quantitative estimate of drug-likeness (QED) is 0.438. The highest BCUT2D eigenvalue weighted by Gasteiger charge is 2.22. The fraction of sp³-hybridized carbons (Fsp3) is 0.273. The van der Waals surface area contributed by atoms with Gasteiger partial charge >= 0.3 is 0 Å². The minimum atomic E-state index is 0.127. The number of hydrogen-bond acceptors (Lipinski definition) is 5. The van der Waals surface area contributed by atoms with Crippen LogP contribution < -0.4 is 0 Å². The summed E-state index contributed by atoms with van der Waals surface area (Å²) >= 11 is 1.58. The molecule has 0 spiro atoms. The molecule has 1 amide bonds. The molecule has 4 rings (SSSR count). The van der Waals surface area contributed by atoms with Gasteiger partial charge in [0, 0.05) is 48.9 Å². The Balaban J connectivity index is 1.56. The molecule has 0 saturated carbocycles. The first-order chi connectivity index (χ1) is 14.3. The molecule has 1 aliphatic rings. The Bertz CT molecular complexity index is 995. The van der Waals surface area contributed by atoms with E-state index in [0.717, 1.165) is 53.6 Å². The predicted molar refractivity (Wildman–Crippen MR) is 115 cm³/mol. The van der Waals surface area contributed by atoms with E-state index in [2.05, 4.69) is 21.8 Å². The zero-order valence-corrected chi connectivity index (χ0v) is 17.0. The van der Waals surface area contributed by atoms with Crippen LogP contribution in [0.15, 0.2) is 66.6 Å². The van der Waals surface area contributed by atoms with Gasteiger partial charge in [-0.3, -0.25) is 14.3 Å². The van der Waals surface area contributed by atoms with Gasteiger partial charge in [0.05, 0.1) is 0 Å². The summed E-state index contributed by atoms with van der Waals surface area (Å²) in [6.45, 7) is 6.16. The summed E-state index contributed by atoms with van der Waals surface area (Å²) in [6.07, 6.45) is 7.52. The van der Waals surface area contributed by atoms with E-state index in [1.54, 1.807) is 24.2 Å². The molecule has 0 aliphatic carbocycles. The van der Waals surface area contributed by atoms with Gasteiger partial charge in [-0.25, -0.2) is 0 Å². The van der Waals surface area contributed by atoms with Gasteiger partial charge in [0.25, 0.3) is 5.91 Å². The monoisotopic (exact) mass is 405 g/mol. The van der Waals surface area contributed by atoms with Crippen LogP contribution in [0.25, 0.3) is 11.4 Å². The predicted octanol–water partition coefficient (Wildman–Crippen LogP) is 4.05. The Kier molecular flexibility index (Phi) is 6.05. The Morgan fingerprint density at radius 2 is 1.97 bits per heavy atom. The fourth-order valence-electron chi connectivity index (χ4n) is 3.49. The number of aromatic nitrogens is 4. The summed E-state index contributed by atoms with van der Waals surface area (Å²) in [4.78, 5) is 19.0. The molecule has 29 heavy (non-hydrogen) atoms. The van der Waals surface area contributed by atoms with Gasteiger partial charge in [0.15, 0.2) is 11.0 Å². The third kappa shape index (κ3) is 4.24. The number of benzene rings is 1. The highest BCUT2D eigenvalue weighted by atomic mass is 32.2. The van der Waals surface area contributed by atoms with Gasteiger partial charge in [-0.15, -0.1) is 16.8 Å². The van der Waals surface area contributed by atoms with Crippen LogP contribution in [0.2, 0.25) is 0 Å². The van der Waals surface area contributed by atoms with Crippen LogP contribution in [0.3, 0.4) is 0 Å². The lowest BCUT2D eigenvalue weighted by Gasteiger charge is -2.17. The SMILES string of the molecule is C=CCn1c(SCc2ccccc2C(=O)N2CCCC2)nnc1-c1cccnc1. The Labute approximate surface area is 174 Å². The van der Waals surface area contributed by atoms with Crippen molar-refractivity contribution in [1.29, 1.82) is 0 Å². The first-order valence-corrected chi connectivity index (χ1v) is 10.7. The van der Waals surface area contributed by atoms with Gasteiger partial charge < -0.3 is 4.90 Å². The maximum atomic E-state index is 12.9. The summed E-state index contributed by atoms with van der Waals surface area (Å²) in [5, 5.41) is 9.55. The summed E-state index contributed by atoms with van der Waals surface area (Å²) in [5.74, 6) is 1.54. The fourth-order valence-corrected chi connectivity index (χ4v) is 4.44. The zero-order chi connectivity index (χ0) is 20.1. The second kappa shape index (κ2) is 9.05. The number of amides is 1. The van der Waals surface area contributed by atoms with Crippen molar-refractivity contribution < 1.29 is 4.79 Å². The maximum absolute atomic E-state index is 12.9. The second-order valence-electron chi connectivity index (χ2n) is 6.89. The minimum Gasteiger partial charge on any atom is -0.339 e. The number of thioether (sulfide) groups is 1. The van der Waals surface area contributed by atoms with Crippen molar-refractivity contribution in [3.05, 3.63) is 72.6 Å². The molecule has 2 aromatic heterocycles. The molecule has 0 radical (unpaired) electrons. The number of allylic oxidation sites excluding steroid dienone is 1. The molecule has 1 fully saturated rings. The molecule has 0 unspecified atom stereocenters. The van der Waals surface area contributed by atoms with Crippen molar-refractivity contribution in [2.24, 2.45) is 0 Å². The van der Waals surface area contributed by atoms with Crippen LogP contribution in [-0.4, -0.2) is 43.6 Å². The van der Waals surface area contributed by atoms with Crippen LogP contribution in [-0.2, 0) is 12.3 Å². The number of carbonyl (C=O) groups excluding carboxylic acids is 1. The Morgan fingerprint density at radius 3 is 2.72 bits per heavy atom. The smallest absolute Gasteiger partial charge is 0.254 e. The number of rotatable bonds is 7. The van der Waals surface area contributed by atoms with E-state index < -0.39 is 0 Å². The molecular formula is C22H23N5OS. The van der Waals surface area contributed by atoms with Crippen molar-refractivity contribution in [2.45, 2.75) is 30.3 Å². The van der Waals surface area contributed by atoms with Crippen LogP contribution in [0.5, 0.6) is 0 Å². The van der Waals surface area contributed by atoms with Crippen molar-refractivity contribution in [1.82, 2.24) is 24.6 Å². The number of pyridine rings is 1. The molecule has 6 nitrogen and oxygen atoms in total. The van der Waals surface area contributed by atoms with Gasteiger partial charge in [-0.2, -0.15) is 0 Å². The van der Waals surface area contributed by atoms with E-state index in [9.17, 15) is 4.79 Å². The summed E-state index contributed by atoms with van der Waals surface area (Å²) in [6, 6.07) is 11.7. The average Bonchev–Trinajstić information content (AvgIpc) is 3.43. The van der Waals surface area contributed by atoms with Gasteiger partial charge in [0.1, 0.15) is 0 Å². The highest BCUT2D eigenvalue weighted by Crippen LogP contribution is 2.28. The molecule has 1 aliphatic heterocycles. The number of likely N-dealkylation sites (tertiary alicyclic amines) is 1. The third-order valence-corrected chi connectivity index (χ3v) is 5.96. The summed E-state index contributed by atoms with van der Waals surface area (Å²) in [7, 11) is 0. The van der Waals surface area contributed by atoms with Crippen molar-refractivity contribution in [3.63, 3.8) is 0 Å². The second-order valence-corrected chi connectivity index (χ2v) is 7.83. The Hall–Kier alpha value is -2.93. The topological polar surface area (TPSA) is 63.9 Å². The van der Waals surface area contributed by atoms with Crippen molar-refractivity contribution in [2.75, 3.05) is 13.1 Å². The highest BCUT2D eigenvalue weighted by molar-refractivity contribution is 7.98. The first kappa shape index (κ1) is 19.4. The molecule has 3 aromatic rings. The largest absolute Gasteiger partial charge is 0.339 e. The zero-order valence-electron chi connectivity index (χ0n) is 16.2. The molecule has 3 heterocycles. The number of nitrogens with zero attached hydrogens (tertiary/aromatic N) is 5. The standard InChI is InChI=1S/C22H23N5OS/c1-2-12-27-20(17-9-7-11-23-15-17)24-25-22(27)29-16-18-8-3-4-10-19(18)21(28)26-13-5-6-14-26/h2-4,7-11,15H,1,5-6,12-14,16H2. The van der Waals surface area contributed by atoms with Gasteiger partial charge in [-0.05, 0) is 36.6 Å². The molecule has 0 bridgehead atoms. The summed E-state index contributed by atoms with van der Waals surface area (Å²) < 4.78 is 2.03. The van der Waals surface area contributed by atoms with E-state index in [1.807, 2.05) is 51.9 Å². The minimum absolute atomic E-state index is 0.127. The first-order valence-electron chi connectivity index (χ1n) is 9.72. The molecule has 0 atom stereocenters. The molecule has 1 aromatic carbocycles. The Morgan fingerprint density at radius 1 is 1.14 bits per heavy atom. The lowest BCUT2D eigenvalue weighted by molar-refractivity contribution is 0.0792. The average molecular weight is 406 g/mol. The van der Waals surface area contributed by atoms with Crippen LogP contribution in [0.4, 0.5) is 0 Å². The van der Waals surface area contributed by atoms with Crippen LogP contribution in [0, 0.1) is 0 Å². The van der Waals surface area contributed by atoms with E-state index in [0.29, 0.717) is 12.3 Å².